The summed E-state index contributed by atoms with van der Waals surface area (Å²) in [4.78, 5) is 6.73. The minimum Gasteiger partial charge on any atom is -0.459 e. The fraction of sp³-hybridized carbons (Fsp3) is 0.273. The zero-order valence-electron chi connectivity index (χ0n) is 16.1. The molecule has 0 unspecified atom stereocenters. The van der Waals surface area contributed by atoms with Crippen LogP contribution in [0.1, 0.15) is 37.4 Å². The maximum atomic E-state index is 6.38. The Balaban J connectivity index is 1.74. The van der Waals surface area contributed by atoms with Gasteiger partial charge in [0.05, 0.1) is 16.8 Å². The second kappa shape index (κ2) is 8.34. The molecule has 1 fully saturated rings. The molecule has 150 valence electrons. The van der Waals surface area contributed by atoms with Crippen molar-refractivity contribution >= 4 is 40.5 Å². The lowest BCUT2D eigenvalue weighted by Crippen LogP contribution is -2.32. The molecule has 0 bridgehead atoms. The van der Waals surface area contributed by atoms with Gasteiger partial charge in [0.25, 0.3) is 0 Å². The smallest absolute Gasteiger partial charge is 0.170 e. The number of pyridine rings is 1. The van der Waals surface area contributed by atoms with Gasteiger partial charge in [0.15, 0.2) is 5.11 Å². The van der Waals surface area contributed by atoms with Crippen molar-refractivity contribution in [2.45, 2.75) is 25.9 Å². The summed E-state index contributed by atoms with van der Waals surface area (Å²) >= 11 is 18.1. The third-order valence-electron chi connectivity index (χ3n) is 4.87. The first-order valence-corrected chi connectivity index (χ1v) is 10.6. The van der Waals surface area contributed by atoms with Crippen LogP contribution in [-0.2, 0) is 0 Å². The SMILES string of the molecule is CC(C)CN1C(=S)N[C@@H](c2ccccn2)[C@H]1c1ccc(-c2ccc(Cl)cc2Cl)o1. The van der Waals surface area contributed by atoms with Crippen molar-refractivity contribution in [1.82, 2.24) is 15.2 Å². The van der Waals surface area contributed by atoms with Crippen LogP contribution in [0.4, 0.5) is 0 Å². The summed E-state index contributed by atoms with van der Waals surface area (Å²) in [5.41, 5.74) is 1.73. The molecule has 7 heteroatoms. The van der Waals surface area contributed by atoms with E-state index in [0.717, 1.165) is 23.6 Å². The lowest BCUT2D eigenvalue weighted by atomic mass is 10.0. The first-order chi connectivity index (χ1) is 13.9. The molecule has 2 aromatic heterocycles. The lowest BCUT2D eigenvalue weighted by Gasteiger charge is -2.27. The Morgan fingerprint density at radius 3 is 2.69 bits per heavy atom. The summed E-state index contributed by atoms with van der Waals surface area (Å²) in [7, 11) is 0. The number of nitrogens with one attached hydrogen (secondary N) is 1. The van der Waals surface area contributed by atoms with Gasteiger partial charge < -0.3 is 14.6 Å². The summed E-state index contributed by atoms with van der Waals surface area (Å²) in [6.07, 6.45) is 1.79. The molecular weight excluding hydrogens is 425 g/mol. The van der Waals surface area contributed by atoms with Gasteiger partial charge in [0, 0.05) is 23.3 Å². The van der Waals surface area contributed by atoms with Gasteiger partial charge in [-0.1, -0.05) is 43.1 Å². The van der Waals surface area contributed by atoms with E-state index < -0.39 is 0 Å². The van der Waals surface area contributed by atoms with Crippen LogP contribution in [0.3, 0.4) is 0 Å². The third-order valence-corrected chi connectivity index (χ3v) is 5.77. The number of rotatable bonds is 5. The van der Waals surface area contributed by atoms with Gasteiger partial charge in [0.2, 0.25) is 0 Å². The summed E-state index contributed by atoms with van der Waals surface area (Å²) in [6, 6.07) is 15.0. The zero-order valence-corrected chi connectivity index (χ0v) is 18.4. The molecule has 0 aliphatic carbocycles. The maximum absolute atomic E-state index is 6.38. The summed E-state index contributed by atoms with van der Waals surface area (Å²) in [5, 5.41) is 5.29. The molecule has 0 radical (unpaired) electrons. The summed E-state index contributed by atoms with van der Waals surface area (Å²) in [5.74, 6) is 1.96. The maximum Gasteiger partial charge on any atom is 0.170 e. The Morgan fingerprint density at radius 2 is 2.00 bits per heavy atom. The average molecular weight is 446 g/mol. The van der Waals surface area contributed by atoms with Crippen LogP contribution >= 0.6 is 35.4 Å². The Kier molecular flexibility index (Phi) is 5.81. The number of nitrogens with zero attached hydrogens (tertiary/aromatic N) is 2. The number of benzene rings is 1. The fourth-order valence-corrected chi connectivity index (χ4v) is 4.47. The largest absolute Gasteiger partial charge is 0.459 e. The number of hydrogen-bond acceptors (Lipinski definition) is 3. The second-order valence-electron chi connectivity index (χ2n) is 7.50. The van der Waals surface area contributed by atoms with Crippen LogP contribution in [0, 0.1) is 5.92 Å². The van der Waals surface area contributed by atoms with Crippen molar-refractivity contribution in [2.24, 2.45) is 5.92 Å². The molecule has 1 saturated heterocycles. The number of aromatic nitrogens is 1. The fourth-order valence-electron chi connectivity index (χ4n) is 3.65. The van der Waals surface area contributed by atoms with E-state index in [4.69, 9.17) is 39.8 Å². The normalized spacial score (nSPS) is 19.1. The average Bonchev–Trinajstić information content (AvgIpc) is 3.27. The van der Waals surface area contributed by atoms with E-state index in [1.165, 1.54) is 0 Å². The highest BCUT2D eigenvalue weighted by Gasteiger charge is 2.41. The van der Waals surface area contributed by atoms with Gasteiger partial charge in [-0.3, -0.25) is 4.98 Å². The van der Waals surface area contributed by atoms with Crippen molar-refractivity contribution in [1.29, 1.82) is 0 Å². The van der Waals surface area contributed by atoms with Crippen molar-refractivity contribution in [3.63, 3.8) is 0 Å². The molecule has 4 nitrogen and oxygen atoms in total. The third kappa shape index (κ3) is 4.13. The van der Waals surface area contributed by atoms with Gasteiger partial charge in [0.1, 0.15) is 17.6 Å². The Hall–Kier alpha value is -2.08. The van der Waals surface area contributed by atoms with Crippen LogP contribution in [0.5, 0.6) is 0 Å². The number of thiocarbonyl (C=S) groups is 1. The lowest BCUT2D eigenvalue weighted by molar-refractivity contribution is 0.253. The van der Waals surface area contributed by atoms with Gasteiger partial charge >= 0.3 is 0 Å². The highest BCUT2D eigenvalue weighted by molar-refractivity contribution is 7.80. The van der Waals surface area contributed by atoms with E-state index in [-0.39, 0.29) is 12.1 Å². The van der Waals surface area contributed by atoms with E-state index in [2.05, 4.69) is 29.0 Å². The molecule has 1 N–H and O–H groups in total. The first kappa shape index (κ1) is 20.2. The topological polar surface area (TPSA) is 41.3 Å². The Labute approximate surface area is 185 Å². The number of hydrogen-bond donors (Lipinski definition) is 1. The summed E-state index contributed by atoms with van der Waals surface area (Å²) in [6.45, 7) is 5.17. The van der Waals surface area contributed by atoms with Crippen LogP contribution in [0.25, 0.3) is 11.3 Å². The minimum atomic E-state index is -0.0976. The van der Waals surface area contributed by atoms with Crippen LogP contribution in [0.2, 0.25) is 10.0 Å². The molecular formula is C22H21Cl2N3OS. The number of halogens is 2. The first-order valence-electron chi connectivity index (χ1n) is 9.47. The van der Waals surface area contributed by atoms with Gasteiger partial charge in [-0.15, -0.1) is 0 Å². The molecule has 0 saturated carbocycles. The predicted octanol–water partition coefficient (Wildman–Crippen LogP) is 6.28. The van der Waals surface area contributed by atoms with Gasteiger partial charge in [-0.25, -0.2) is 0 Å². The molecule has 29 heavy (non-hydrogen) atoms. The number of furan rings is 1. The van der Waals surface area contributed by atoms with E-state index in [1.807, 2.05) is 36.4 Å². The monoisotopic (exact) mass is 445 g/mol. The highest BCUT2D eigenvalue weighted by atomic mass is 35.5. The van der Waals surface area contributed by atoms with Crippen molar-refractivity contribution in [2.75, 3.05) is 6.54 Å². The van der Waals surface area contributed by atoms with Crippen LogP contribution in [0.15, 0.2) is 59.1 Å². The Morgan fingerprint density at radius 1 is 1.17 bits per heavy atom. The molecule has 1 aliphatic heterocycles. The van der Waals surface area contributed by atoms with Crippen molar-refractivity contribution in [3.05, 3.63) is 76.2 Å². The zero-order chi connectivity index (χ0) is 20.5. The molecule has 1 aromatic carbocycles. The molecule has 4 rings (SSSR count). The van der Waals surface area contributed by atoms with E-state index in [0.29, 0.717) is 26.8 Å². The molecule has 1 aliphatic rings. The Bertz CT molecular complexity index is 1020. The summed E-state index contributed by atoms with van der Waals surface area (Å²) < 4.78 is 6.29. The van der Waals surface area contributed by atoms with Gasteiger partial charge in [-0.05, 0) is 60.6 Å². The molecule has 3 aromatic rings. The molecule has 0 spiro atoms. The van der Waals surface area contributed by atoms with E-state index in [9.17, 15) is 0 Å². The van der Waals surface area contributed by atoms with Crippen LogP contribution < -0.4 is 5.32 Å². The molecule has 3 heterocycles. The van der Waals surface area contributed by atoms with Crippen molar-refractivity contribution in [3.8, 4) is 11.3 Å². The predicted molar refractivity (Wildman–Crippen MR) is 121 cm³/mol. The van der Waals surface area contributed by atoms with Crippen LogP contribution in [-0.4, -0.2) is 21.5 Å². The standard InChI is InChI=1S/C22H21Cl2N3OS/c1-13(2)12-27-21(20(26-22(27)29)17-5-3-4-10-25-17)19-9-8-18(28-19)15-7-6-14(23)11-16(15)24/h3-11,13,20-21H,12H2,1-2H3,(H,26,29)/t20-,21+/m0/s1. The molecule has 0 amide bonds. The molecule has 2 atom stereocenters. The second-order valence-corrected chi connectivity index (χ2v) is 8.73. The highest BCUT2D eigenvalue weighted by Crippen LogP contribution is 2.41. The van der Waals surface area contributed by atoms with Crippen molar-refractivity contribution < 1.29 is 4.42 Å². The minimum absolute atomic E-state index is 0.0952. The quantitative estimate of drug-likeness (QED) is 0.468. The van der Waals surface area contributed by atoms with Gasteiger partial charge in [-0.2, -0.15) is 0 Å². The van der Waals surface area contributed by atoms with E-state index in [1.54, 1.807) is 18.3 Å². The van der Waals surface area contributed by atoms with E-state index >= 15 is 0 Å².